The second-order valence-corrected chi connectivity index (χ2v) is 6.86. The van der Waals surface area contributed by atoms with E-state index in [-0.39, 0.29) is 12.5 Å². The second kappa shape index (κ2) is 7.25. The van der Waals surface area contributed by atoms with Gasteiger partial charge in [0.05, 0.1) is 0 Å². The van der Waals surface area contributed by atoms with Gasteiger partial charge in [0.15, 0.2) is 12.4 Å². The van der Waals surface area contributed by atoms with Crippen molar-refractivity contribution in [3.8, 4) is 5.75 Å². The van der Waals surface area contributed by atoms with Crippen LogP contribution >= 0.6 is 0 Å². The molecular formula is C19H25N3O3. The van der Waals surface area contributed by atoms with Crippen LogP contribution in [0, 0.1) is 20.8 Å². The zero-order valence-corrected chi connectivity index (χ0v) is 15.1. The number of nitrogens with zero attached hydrogens (tertiary/aromatic N) is 2. The minimum Gasteiger partial charge on any atom is -0.484 e. The summed E-state index contributed by atoms with van der Waals surface area (Å²) in [5.41, 5.74) is 1.80. The third-order valence-electron chi connectivity index (χ3n) is 4.89. The van der Waals surface area contributed by atoms with Crippen LogP contribution in [-0.2, 0) is 10.3 Å². The number of benzene rings is 1. The van der Waals surface area contributed by atoms with Gasteiger partial charge < -0.3 is 14.6 Å². The summed E-state index contributed by atoms with van der Waals surface area (Å²) in [4.78, 5) is 16.9. The van der Waals surface area contributed by atoms with Crippen LogP contribution in [0.5, 0.6) is 5.75 Å². The van der Waals surface area contributed by atoms with E-state index in [0.717, 1.165) is 37.7 Å². The van der Waals surface area contributed by atoms with E-state index in [2.05, 4.69) is 15.5 Å². The van der Waals surface area contributed by atoms with Gasteiger partial charge >= 0.3 is 0 Å². The van der Waals surface area contributed by atoms with Crippen LogP contribution in [0.4, 0.5) is 0 Å². The highest BCUT2D eigenvalue weighted by molar-refractivity contribution is 5.78. The van der Waals surface area contributed by atoms with E-state index in [9.17, 15) is 4.79 Å². The molecular weight excluding hydrogens is 318 g/mol. The maximum atomic E-state index is 12.5. The predicted octanol–water partition coefficient (Wildman–Crippen LogP) is 3.35. The lowest BCUT2D eigenvalue weighted by molar-refractivity contribution is -0.125. The Labute approximate surface area is 148 Å². The Bertz CT molecular complexity index is 748. The first-order valence-corrected chi connectivity index (χ1v) is 8.80. The number of hydrogen-bond donors (Lipinski definition) is 1. The van der Waals surface area contributed by atoms with Crippen LogP contribution in [0.25, 0.3) is 0 Å². The topological polar surface area (TPSA) is 77.2 Å². The molecule has 0 saturated heterocycles. The van der Waals surface area contributed by atoms with Crippen molar-refractivity contribution in [2.24, 2.45) is 0 Å². The Kier molecular flexibility index (Phi) is 5.06. The fourth-order valence-corrected chi connectivity index (χ4v) is 3.31. The maximum Gasteiger partial charge on any atom is 0.258 e. The molecule has 6 heteroatoms. The molecule has 0 unspecified atom stereocenters. The summed E-state index contributed by atoms with van der Waals surface area (Å²) in [7, 11) is 0. The van der Waals surface area contributed by atoms with E-state index >= 15 is 0 Å². The maximum absolute atomic E-state index is 12.5. The van der Waals surface area contributed by atoms with Gasteiger partial charge in [-0.1, -0.05) is 30.5 Å². The Morgan fingerprint density at radius 3 is 2.60 bits per heavy atom. The van der Waals surface area contributed by atoms with E-state index in [0.29, 0.717) is 17.5 Å². The minimum absolute atomic E-state index is 0.0267. The van der Waals surface area contributed by atoms with Crippen LogP contribution in [0.2, 0.25) is 0 Å². The van der Waals surface area contributed by atoms with Crippen molar-refractivity contribution in [2.75, 3.05) is 6.61 Å². The number of ether oxygens (including phenoxy) is 1. The molecule has 1 saturated carbocycles. The van der Waals surface area contributed by atoms with E-state index in [1.807, 2.05) is 32.0 Å². The number of rotatable bonds is 5. The van der Waals surface area contributed by atoms with Crippen molar-refractivity contribution in [3.63, 3.8) is 0 Å². The van der Waals surface area contributed by atoms with Gasteiger partial charge in [-0.05, 0) is 49.9 Å². The van der Waals surface area contributed by atoms with Crippen LogP contribution < -0.4 is 10.1 Å². The quantitative estimate of drug-likeness (QED) is 0.901. The summed E-state index contributed by atoms with van der Waals surface area (Å²) in [6.07, 6.45) is 4.87. The van der Waals surface area contributed by atoms with Crippen molar-refractivity contribution >= 4 is 5.91 Å². The van der Waals surface area contributed by atoms with Crippen LogP contribution in [-0.4, -0.2) is 22.7 Å². The van der Waals surface area contributed by atoms with E-state index in [4.69, 9.17) is 9.26 Å². The molecule has 6 nitrogen and oxygen atoms in total. The van der Waals surface area contributed by atoms with E-state index in [1.165, 1.54) is 5.56 Å². The molecule has 1 aliphatic carbocycles. The lowest BCUT2D eigenvalue weighted by Gasteiger charge is -2.35. The van der Waals surface area contributed by atoms with Gasteiger partial charge in [-0.15, -0.1) is 0 Å². The molecule has 0 radical (unpaired) electrons. The standard InChI is InChI=1S/C19H25N3O3/c1-13-7-8-16(11-14(13)2)24-12-17(23)21-19(9-5-4-6-10-19)18-20-15(3)25-22-18/h7-8,11H,4-6,9-10,12H2,1-3H3,(H,21,23). The van der Waals surface area contributed by atoms with Crippen LogP contribution in [0.3, 0.4) is 0 Å². The van der Waals surface area contributed by atoms with Crippen molar-refractivity contribution in [2.45, 2.75) is 58.4 Å². The first-order chi connectivity index (χ1) is 12.0. The van der Waals surface area contributed by atoms with Gasteiger partial charge in [0.2, 0.25) is 5.89 Å². The third kappa shape index (κ3) is 4.00. The number of hydrogen-bond acceptors (Lipinski definition) is 5. The number of carbonyl (C=O) groups is 1. The minimum atomic E-state index is -0.542. The highest BCUT2D eigenvalue weighted by Gasteiger charge is 2.39. The number of amides is 1. The van der Waals surface area contributed by atoms with Crippen LogP contribution in [0.15, 0.2) is 22.7 Å². The van der Waals surface area contributed by atoms with Gasteiger partial charge in [0, 0.05) is 6.92 Å². The molecule has 2 aromatic rings. The molecule has 25 heavy (non-hydrogen) atoms. The molecule has 134 valence electrons. The average molecular weight is 343 g/mol. The molecule has 0 bridgehead atoms. The van der Waals surface area contributed by atoms with Crippen molar-refractivity contribution in [1.82, 2.24) is 15.5 Å². The summed E-state index contributed by atoms with van der Waals surface area (Å²) in [6.45, 7) is 5.81. The summed E-state index contributed by atoms with van der Waals surface area (Å²) in [6, 6.07) is 5.82. The first kappa shape index (κ1) is 17.5. The van der Waals surface area contributed by atoms with Gasteiger partial charge in [0.1, 0.15) is 11.3 Å². The van der Waals surface area contributed by atoms with Gasteiger partial charge in [-0.25, -0.2) is 0 Å². The molecule has 1 aromatic heterocycles. The third-order valence-corrected chi connectivity index (χ3v) is 4.89. The molecule has 1 aromatic carbocycles. The predicted molar refractivity (Wildman–Crippen MR) is 93.4 cm³/mol. The average Bonchev–Trinajstić information content (AvgIpc) is 3.04. The number of nitrogens with one attached hydrogen (secondary N) is 1. The second-order valence-electron chi connectivity index (χ2n) is 6.86. The number of aromatic nitrogens is 2. The van der Waals surface area contributed by atoms with Gasteiger partial charge in [-0.3, -0.25) is 4.79 Å². The van der Waals surface area contributed by atoms with Crippen LogP contribution in [0.1, 0.15) is 54.9 Å². The van der Waals surface area contributed by atoms with E-state index < -0.39 is 5.54 Å². The molecule has 0 spiro atoms. The molecule has 1 N–H and O–H groups in total. The monoisotopic (exact) mass is 343 g/mol. The van der Waals surface area contributed by atoms with Crippen molar-refractivity contribution in [1.29, 1.82) is 0 Å². The highest BCUT2D eigenvalue weighted by atomic mass is 16.5. The van der Waals surface area contributed by atoms with Crippen molar-refractivity contribution in [3.05, 3.63) is 41.0 Å². The zero-order valence-electron chi connectivity index (χ0n) is 15.1. The highest BCUT2D eigenvalue weighted by Crippen LogP contribution is 2.35. The van der Waals surface area contributed by atoms with Crippen molar-refractivity contribution < 1.29 is 14.1 Å². The first-order valence-electron chi connectivity index (χ1n) is 8.80. The smallest absolute Gasteiger partial charge is 0.258 e. The summed E-state index contributed by atoms with van der Waals surface area (Å²) < 4.78 is 10.8. The molecule has 1 amide bonds. The fraction of sp³-hybridized carbons (Fsp3) is 0.526. The molecule has 1 fully saturated rings. The fourth-order valence-electron chi connectivity index (χ4n) is 3.31. The molecule has 0 aliphatic heterocycles. The van der Waals surface area contributed by atoms with Gasteiger partial charge in [0.25, 0.3) is 5.91 Å². The molecule has 0 atom stereocenters. The summed E-state index contributed by atoms with van der Waals surface area (Å²) >= 11 is 0. The normalized spacial score (nSPS) is 16.4. The lowest BCUT2D eigenvalue weighted by Crippen LogP contribution is -2.49. The number of aryl methyl sites for hydroxylation is 3. The Morgan fingerprint density at radius 2 is 1.96 bits per heavy atom. The lowest BCUT2D eigenvalue weighted by atomic mass is 9.81. The Balaban J connectivity index is 1.67. The summed E-state index contributed by atoms with van der Waals surface area (Å²) in [5, 5.41) is 7.17. The number of carbonyl (C=O) groups excluding carboxylic acids is 1. The zero-order chi connectivity index (χ0) is 17.9. The van der Waals surface area contributed by atoms with E-state index in [1.54, 1.807) is 6.92 Å². The largest absolute Gasteiger partial charge is 0.484 e. The summed E-state index contributed by atoms with van der Waals surface area (Å²) in [5.74, 6) is 1.62. The Morgan fingerprint density at radius 1 is 1.20 bits per heavy atom. The SMILES string of the molecule is Cc1nc(C2(NC(=O)COc3ccc(C)c(C)c3)CCCCC2)no1. The molecule has 3 rings (SSSR count). The Hall–Kier alpha value is -2.37. The molecule has 1 aliphatic rings. The molecule has 1 heterocycles. The van der Waals surface area contributed by atoms with Gasteiger partial charge in [-0.2, -0.15) is 4.98 Å².